The lowest BCUT2D eigenvalue weighted by Gasteiger charge is -2.39. The van der Waals surface area contributed by atoms with Gasteiger partial charge < -0.3 is 4.57 Å². The Kier molecular flexibility index (Phi) is 2.22. The minimum Gasteiger partial charge on any atom is -0.345 e. The van der Waals surface area contributed by atoms with Gasteiger partial charge in [0.15, 0.2) is 0 Å². The fourth-order valence-electron chi connectivity index (χ4n) is 3.90. The van der Waals surface area contributed by atoms with Crippen molar-refractivity contribution in [3.8, 4) is 0 Å². The van der Waals surface area contributed by atoms with Crippen LogP contribution in [0.25, 0.3) is 16.5 Å². The van der Waals surface area contributed by atoms with Crippen molar-refractivity contribution in [3.63, 3.8) is 0 Å². The molecule has 19 heavy (non-hydrogen) atoms. The molecule has 0 saturated carbocycles. The molecule has 98 valence electrons. The van der Waals surface area contributed by atoms with Gasteiger partial charge in [0, 0.05) is 30.2 Å². The molecule has 0 radical (unpaired) electrons. The number of aryl methyl sites for hydroxylation is 1. The molecule has 1 aromatic carbocycles. The zero-order valence-corrected chi connectivity index (χ0v) is 11.9. The molecule has 1 aromatic heterocycles. The lowest BCUT2D eigenvalue weighted by atomic mass is 9.86. The van der Waals surface area contributed by atoms with E-state index >= 15 is 0 Å². The van der Waals surface area contributed by atoms with Gasteiger partial charge in [-0.05, 0) is 31.0 Å². The Hall–Kier alpha value is -1.54. The van der Waals surface area contributed by atoms with E-state index in [4.69, 9.17) is 0 Å². The smallest absolute Gasteiger partial charge is 0.0560 e. The number of nitrogens with zero attached hydrogens (tertiary/aromatic N) is 2. The first-order chi connectivity index (χ1) is 9.15. The summed E-state index contributed by atoms with van der Waals surface area (Å²) in [7, 11) is 2.26. The molecule has 0 spiro atoms. The third-order valence-corrected chi connectivity index (χ3v) is 4.71. The number of rotatable bonds is 0. The lowest BCUT2D eigenvalue weighted by Crippen LogP contribution is -2.43. The van der Waals surface area contributed by atoms with Gasteiger partial charge in [-0.15, -0.1) is 0 Å². The summed E-state index contributed by atoms with van der Waals surface area (Å²) in [5, 5.41) is 1.41. The molecule has 2 aliphatic heterocycles. The van der Waals surface area contributed by atoms with Gasteiger partial charge in [-0.25, -0.2) is 0 Å². The molecular formula is C17H20N2. The molecule has 4 rings (SSSR count). The van der Waals surface area contributed by atoms with Crippen molar-refractivity contribution in [1.82, 2.24) is 9.47 Å². The third-order valence-electron chi connectivity index (χ3n) is 4.71. The summed E-state index contributed by atoms with van der Waals surface area (Å²) in [4.78, 5) is 2.51. The molecule has 2 atom stereocenters. The Balaban J connectivity index is 2.04. The van der Waals surface area contributed by atoms with Gasteiger partial charge in [0.05, 0.1) is 11.6 Å². The zero-order valence-electron chi connectivity index (χ0n) is 11.9. The molecule has 2 heteroatoms. The molecule has 2 aliphatic rings. The maximum Gasteiger partial charge on any atom is 0.0560 e. The molecular weight excluding hydrogens is 232 g/mol. The van der Waals surface area contributed by atoms with Crippen molar-refractivity contribution in [2.24, 2.45) is 5.92 Å². The normalized spacial score (nSPS) is 26.4. The van der Waals surface area contributed by atoms with E-state index in [0.29, 0.717) is 12.0 Å². The van der Waals surface area contributed by atoms with Gasteiger partial charge in [-0.2, -0.15) is 0 Å². The van der Waals surface area contributed by atoms with Crippen LogP contribution in [-0.2, 0) is 6.54 Å². The molecule has 2 nitrogen and oxygen atoms in total. The van der Waals surface area contributed by atoms with Gasteiger partial charge in [0.1, 0.15) is 0 Å². The average Bonchev–Trinajstić information content (AvgIpc) is 2.70. The van der Waals surface area contributed by atoms with Crippen LogP contribution in [0.2, 0.25) is 0 Å². The SMILES string of the molecule is Cc1cn2c3c(cccc13)C1=CC(C)CN(C)C1C2. The van der Waals surface area contributed by atoms with Crippen LogP contribution in [0.15, 0.2) is 30.5 Å². The molecule has 0 aliphatic carbocycles. The topological polar surface area (TPSA) is 8.17 Å². The molecule has 2 unspecified atom stereocenters. The van der Waals surface area contributed by atoms with Gasteiger partial charge in [0.25, 0.3) is 0 Å². The summed E-state index contributed by atoms with van der Waals surface area (Å²) in [5.41, 5.74) is 5.81. The summed E-state index contributed by atoms with van der Waals surface area (Å²) in [6.07, 6.45) is 4.81. The molecule has 2 aromatic rings. The largest absolute Gasteiger partial charge is 0.345 e. The number of likely N-dealkylation sites (N-methyl/N-ethyl adjacent to an activating group) is 1. The molecule has 3 heterocycles. The second kappa shape index (κ2) is 3.73. The van der Waals surface area contributed by atoms with E-state index in [1.807, 2.05) is 0 Å². The molecule has 0 amide bonds. The Morgan fingerprint density at radius 1 is 1.21 bits per heavy atom. The van der Waals surface area contributed by atoms with E-state index in [0.717, 1.165) is 6.54 Å². The molecule has 0 fully saturated rings. The number of fused-ring (bicyclic) bond motifs is 2. The first-order valence-electron chi connectivity index (χ1n) is 7.16. The van der Waals surface area contributed by atoms with E-state index in [1.165, 1.54) is 34.1 Å². The van der Waals surface area contributed by atoms with Crippen LogP contribution in [0.4, 0.5) is 0 Å². The van der Waals surface area contributed by atoms with Crippen LogP contribution in [0.1, 0.15) is 18.1 Å². The highest BCUT2D eigenvalue weighted by molar-refractivity contribution is 5.96. The van der Waals surface area contributed by atoms with Crippen LogP contribution in [-0.4, -0.2) is 29.1 Å². The number of para-hydroxylation sites is 1. The van der Waals surface area contributed by atoms with E-state index in [-0.39, 0.29) is 0 Å². The van der Waals surface area contributed by atoms with Crippen molar-refractivity contribution < 1.29 is 0 Å². The molecule has 0 N–H and O–H groups in total. The van der Waals surface area contributed by atoms with Crippen LogP contribution >= 0.6 is 0 Å². The number of hydrogen-bond acceptors (Lipinski definition) is 1. The number of aromatic nitrogens is 1. The van der Waals surface area contributed by atoms with Crippen LogP contribution in [0.5, 0.6) is 0 Å². The van der Waals surface area contributed by atoms with E-state index < -0.39 is 0 Å². The number of benzene rings is 1. The first kappa shape index (κ1) is 11.3. The van der Waals surface area contributed by atoms with Gasteiger partial charge in [-0.1, -0.05) is 31.2 Å². The highest BCUT2D eigenvalue weighted by atomic mass is 15.2. The Morgan fingerprint density at radius 2 is 2.05 bits per heavy atom. The van der Waals surface area contributed by atoms with Crippen molar-refractivity contribution in [2.45, 2.75) is 26.4 Å². The van der Waals surface area contributed by atoms with Gasteiger partial charge >= 0.3 is 0 Å². The van der Waals surface area contributed by atoms with Gasteiger partial charge in [0.2, 0.25) is 0 Å². The minimum absolute atomic E-state index is 0.543. The predicted octanol–water partition coefficient (Wildman–Crippen LogP) is 3.30. The summed E-state index contributed by atoms with van der Waals surface area (Å²) in [6, 6.07) is 7.29. The fourth-order valence-corrected chi connectivity index (χ4v) is 3.90. The Morgan fingerprint density at radius 3 is 2.89 bits per heavy atom. The van der Waals surface area contributed by atoms with E-state index in [2.05, 4.69) is 60.8 Å². The fraction of sp³-hybridized carbons (Fsp3) is 0.412. The average molecular weight is 252 g/mol. The standard InChI is InChI=1S/C17H20N2/c1-11-7-15-14-6-4-5-13-12(2)9-19(17(13)14)10-16(15)18(3)8-11/h4-7,9,11,16H,8,10H2,1-3H3. The van der Waals surface area contributed by atoms with Crippen molar-refractivity contribution in [2.75, 3.05) is 13.6 Å². The van der Waals surface area contributed by atoms with Gasteiger partial charge in [-0.3, -0.25) is 4.90 Å². The summed E-state index contributed by atoms with van der Waals surface area (Å²) in [6.45, 7) is 6.80. The second-order valence-electron chi connectivity index (χ2n) is 6.22. The van der Waals surface area contributed by atoms with Crippen molar-refractivity contribution in [3.05, 3.63) is 41.6 Å². The van der Waals surface area contributed by atoms with Crippen LogP contribution in [0, 0.1) is 12.8 Å². The Labute approximate surface area is 114 Å². The maximum atomic E-state index is 2.51. The van der Waals surface area contributed by atoms with Crippen molar-refractivity contribution in [1.29, 1.82) is 0 Å². The third kappa shape index (κ3) is 1.47. The quantitative estimate of drug-likeness (QED) is 0.698. The maximum absolute atomic E-state index is 2.51. The first-order valence-corrected chi connectivity index (χ1v) is 7.16. The van der Waals surface area contributed by atoms with Crippen LogP contribution < -0.4 is 0 Å². The predicted molar refractivity (Wildman–Crippen MR) is 80.2 cm³/mol. The van der Waals surface area contributed by atoms with Crippen molar-refractivity contribution >= 4 is 16.5 Å². The summed E-state index contributed by atoms with van der Waals surface area (Å²) < 4.78 is 2.45. The second-order valence-corrected chi connectivity index (χ2v) is 6.22. The molecule has 0 saturated heterocycles. The number of hydrogen-bond donors (Lipinski definition) is 0. The lowest BCUT2D eigenvalue weighted by molar-refractivity contribution is 0.234. The minimum atomic E-state index is 0.543. The molecule has 0 bridgehead atoms. The summed E-state index contributed by atoms with van der Waals surface area (Å²) >= 11 is 0. The van der Waals surface area contributed by atoms with Crippen LogP contribution in [0.3, 0.4) is 0 Å². The highest BCUT2D eigenvalue weighted by Crippen LogP contribution is 2.39. The van der Waals surface area contributed by atoms with E-state index in [9.17, 15) is 0 Å². The summed E-state index contributed by atoms with van der Waals surface area (Å²) in [5.74, 6) is 0.647. The Bertz CT molecular complexity index is 693. The monoisotopic (exact) mass is 252 g/mol. The zero-order chi connectivity index (χ0) is 13.1. The highest BCUT2D eigenvalue weighted by Gasteiger charge is 2.32. The van der Waals surface area contributed by atoms with E-state index in [1.54, 1.807) is 0 Å².